The van der Waals surface area contributed by atoms with Gasteiger partial charge in [-0.25, -0.2) is 0 Å². The van der Waals surface area contributed by atoms with E-state index in [0.717, 1.165) is 32.6 Å². The number of carbonyl (C=O) groups is 1. The molecule has 4 nitrogen and oxygen atoms in total. The summed E-state index contributed by atoms with van der Waals surface area (Å²) in [6.45, 7) is 7.41. The maximum Gasteiger partial charge on any atom is 0.239 e. The van der Waals surface area contributed by atoms with E-state index in [0.29, 0.717) is 6.04 Å². The third-order valence-electron chi connectivity index (χ3n) is 4.49. The van der Waals surface area contributed by atoms with Crippen LogP contribution in [0.3, 0.4) is 0 Å². The molecule has 122 valence electrons. The van der Waals surface area contributed by atoms with Gasteiger partial charge in [-0.2, -0.15) is 0 Å². The van der Waals surface area contributed by atoms with Crippen LogP contribution in [-0.2, 0) is 11.3 Å². The Morgan fingerprint density at radius 1 is 1.36 bits per heavy atom. The van der Waals surface area contributed by atoms with Crippen LogP contribution in [0.5, 0.6) is 0 Å². The average Bonchev–Trinajstić information content (AvgIpc) is 2.54. The van der Waals surface area contributed by atoms with Gasteiger partial charge in [0.1, 0.15) is 0 Å². The molecule has 2 atom stereocenters. The van der Waals surface area contributed by atoms with Gasteiger partial charge >= 0.3 is 0 Å². The molecule has 2 N–H and O–H groups in total. The lowest BCUT2D eigenvalue weighted by Gasteiger charge is -2.39. The normalized spacial score (nSPS) is 20.6. The lowest BCUT2D eigenvalue weighted by molar-refractivity contribution is -0.133. The second kappa shape index (κ2) is 8.30. The first-order chi connectivity index (χ1) is 10.6. The van der Waals surface area contributed by atoms with E-state index in [1.165, 1.54) is 18.4 Å². The molecule has 0 radical (unpaired) electrons. The van der Waals surface area contributed by atoms with Gasteiger partial charge in [-0.3, -0.25) is 9.69 Å². The van der Waals surface area contributed by atoms with Gasteiger partial charge in [-0.1, -0.05) is 36.8 Å². The number of likely N-dealkylation sites (tertiary alicyclic amines) is 1. The van der Waals surface area contributed by atoms with Crippen LogP contribution in [0.15, 0.2) is 30.3 Å². The Labute approximate surface area is 134 Å². The van der Waals surface area contributed by atoms with Crippen LogP contribution >= 0.6 is 0 Å². The van der Waals surface area contributed by atoms with Crippen LogP contribution in [0.25, 0.3) is 0 Å². The molecule has 22 heavy (non-hydrogen) atoms. The van der Waals surface area contributed by atoms with Crippen LogP contribution in [-0.4, -0.2) is 47.4 Å². The summed E-state index contributed by atoms with van der Waals surface area (Å²) < 4.78 is 0. The summed E-state index contributed by atoms with van der Waals surface area (Å²) in [6, 6.07) is 10.6. The first-order valence-corrected chi connectivity index (χ1v) is 8.44. The SMILES string of the molecule is CCN(CC1CCCCN1Cc1ccccc1)C(=O)[C@H](C)N. The van der Waals surface area contributed by atoms with Gasteiger partial charge in [0, 0.05) is 25.7 Å². The van der Waals surface area contributed by atoms with Crippen LogP contribution < -0.4 is 5.73 Å². The number of rotatable bonds is 6. The minimum Gasteiger partial charge on any atom is -0.340 e. The Bertz CT molecular complexity index is 461. The molecule has 1 heterocycles. The Morgan fingerprint density at radius 3 is 2.73 bits per heavy atom. The Kier molecular flexibility index (Phi) is 6.40. The maximum atomic E-state index is 12.2. The van der Waals surface area contributed by atoms with Gasteiger partial charge in [0.2, 0.25) is 5.91 Å². The van der Waals surface area contributed by atoms with Gasteiger partial charge in [0.25, 0.3) is 0 Å². The second-order valence-electron chi connectivity index (χ2n) is 6.27. The first kappa shape index (κ1) is 17.0. The number of nitrogens with two attached hydrogens (primary N) is 1. The van der Waals surface area contributed by atoms with E-state index < -0.39 is 6.04 Å². The molecule has 1 aromatic rings. The van der Waals surface area contributed by atoms with E-state index in [4.69, 9.17) is 5.73 Å². The van der Waals surface area contributed by atoms with Crippen molar-refractivity contribution in [2.45, 2.75) is 51.7 Å². The van der Waals surface area contributed by atoms with Gasteiger partial charge in [-0.05, 0) is 38.8 Å². The molecule has 0 spiro atoms. The van der Waals surface area contributed by atoms with E-state index in [9.17, 15) is 4.79 Å². The molecule has 0 aromatic heterocycles. The summed E-state index contributed by atoms with van der Waals surface area (Å²) in [5.41, 5.74) is 7.11. The van der Waals surface area contributed by atoms with Crippen molar-refractivity contribution < 1.29 is 4.79 Å². The number of carbonyl (C=O) groups excluding carboxylic acids is 1. The Hall–Kier alpha value is -1.39. The second-order valence-corrected chi connectivity index (χ2v) is 6.27. The van der Waals surface area contributed by atoms with Crippen molar-refractivity contribution in [2.75, 3.05) is 19.6 Å². The van der Waals surface area contributed by atoms with Crippen molar-refractivity contribution in [1.82, 2.24) is 9.80 Å². The largest absolute Gasteiger partial charge is 0.340 e. The fourth-order valence-electron chi connectivity index (χ4n) is 3.21. The number of amides is 1. The van der Waals surface area contributed by atoms with E-state index in [-0.39, 0.29) is 5.91 Å². The summed E-state index contributed by atoms with van der Waals surface area (Å²) in [7, 11) is 0. The van der Waals surface area contributed by atoms with Gasteiger partial charge in [-0.15, -0.1) is 0 Å². The van der Waals surface area contributed by atoms with E-state index in [1.807, 2.05) is 11.8 Å². The van der Waals surface area contributed by atoms with Gasteiger partial charge in [0.05, 0.1) is 6.04 Å². The van der Waals surface area contributed by atoms with Crippen molar-refractivity contribution in [2.24, 2.45) is 5.73 Å². The standard InChI is InChI=1S/C18H29N3O/c1-3-20(18(22)15(2)19)14-17-11-7-8-12-21(17)13-16-9-5-4-6-10-16/h4-6,9-10,15,17H,3,7-8,11-14,19H2,1-2H3/t15-,17?/m0/s1. The summed E-state index contributed by atoms with van der Waals surface area (Å²) in [5.74, 6) is 0.0627. The predicted octanol–water partition coefficient (Wildman–Crippen LogP) is 2.24. The van der Waals surface area contributed by atoms with Crippen molar-refractivity contribution in [1.29, 1.82) is 0 Å². The first-order valence-electron chi connectivity index (χ1n) is 8.44. The third kappa shape index (κ3) is 4.55. The molecule has 0 saturated carbocycles. The molecule has 0 bridgehead atoms. The Morgan fingerprint density at radius 2 is 2.09 bits per heavy atom. The topological polar surface area (TPSA) is 49.6 Å². The fourth-order valence-corrected chi connectivity index (χ4v) is 3.21. The quantitative estimate of drug-likeness (QED) is 0.877. The number of benzene rings is 1. The van der Waals surface area contributed by atoms with Crippen LogP contribution in [0.1, 0.15) is 38.7 Å². The highest BCUT2D eigenvalue weighted by molar-refractivity contribution is 5.81. The summed E-state index contributed by atoms with van der Waals surface area (Å²) in [5, 5.41) is 0. The monoisotopic (exact) mass is 303 g/mol. The molecule has 4 heteroatoms. The van der Waals surface area contributed by atoms with Crippen molar-refractivity contribution in [3.8, 4) is 0 Å². The fraction of sp³-hybridized carbons (Fsp3) is 0.611. The number of likely N-dealkylation sites (N-methyl/N-ethyl adjacent to an activating group) is 1. The van der Waals surface area contributed by atoms with E-state index in [2.05, 4.69) is 35.2 Å². The highest BCUT2D eigenvalue weighted by atomic mass is 16.2. The minimum absolute atomic E-state index is 0.0627. The summed E-state index contributed by atoms with van der Waals surface area (Å²) in [4.78, 5) is 16.6. The van der Waals surface area contributed by atoms with Gasteiger partial charge < -0.3 is 10.6 Å². The maximum absolute atomic E-state index is 12.2. The van der Waals surface area contributed by atoms with Crippen molar-refractivity contribution in [3.05, 3.63) is 35.9 Å². The minimum atomic E-state index is -0.411. The molecule has 1 aliphatic heterocycles. The zero-order valence-electron chi connectivity index (χ0n) is 13.9. The molecule has 1 unspecified atom stereocenters. The molecule has 1 fully saturated rings. The Balaban J connectivity index is 2.01. The highest BCUT2D eigenvalue weighted by Gasteiger charge is 2.26. The van der Waals surface area contributed by atoms with E-state index in [1.54, 1.807) is 6.92 Å². The van der Waals surface area contributed by atoms with Gasteiger partial charge in [0.15, 0.2) is 0 Å². The molecular formula is C18H29N3O. The predicted molar refractivity (Wildman–Crippen MR) is 90.4 cm³/mol. The number of hydrogen-bond acceptors (Lipinski definition) is 3. The van der Waals surface area contributed by atoms with Crippen LogP contribution in [0, 0.1) is 0 Å². The highest BCUT2D eigenvalue weighted by Crippen LogP contribution is 2.20. The zero-order chi connectivity index (χ0) is 15.9. The molecule has 2 rings (SSSR count). The van der Waals surface area contributed by atoms with E-state index >= 15 is 0 Å². The molecular weight excluding hydrogens is 274 g/mol. The molecule has 0 aliphatic carbocycles. The van der Waals surface area contributed by atoms with Crippen LogP contribution in [0.2, 0.25) is 0 Å². The molecule has 1 saturated heterocycles. The molecule has 1 amide bonds. The zero-order valence-corrected chi connectivity index (χ0v) is 13.9. The number of hydrogen-bond donors (Lipinski definition) is 1. The molecule has 1 aliphatic rings. The molecule has 1 aromatic carbocycles. The average molecular weight is 303 g/mol. The number of nitrogens with zero attached hydrogens (tertiary/aromatic N) is 2. The summed E-state index contributed by atoms with van der Waals surface area (Å²) in [6.07, 6.45) is 3.66. The van der Waals surface area contributed by atoms with Crippen molar-refractivity contribution >= 4 is 5.91 Å². The lowest BCUT2D eigenvalue weighted by Crippen LogP contribution is -2.50. The lowest BCUT2D eigenvalue weighted by atomic mass is 10.00. The number of piperidine rings is 1. The third-order valence-corrected chi connectivity index (χ3v) is 4.49. The van der Waals surface area contributed by atoms with Crippen molar-refractivity contribution in [3.63, 3.8) is 0 Å². The van der Waals surface area contributed by atoms with Crippen LogP contribution in [0.4, 0.5) is 0 Å². The smallest absolute Gasteiger partial charge is 0.239 e. The summed E-state index contributed by atoms with van der Waals surface area (Å²) >= 11 is 0.